The van der Waals surface area contributed by atoms with Crippen molar-refractivity contribution in [2.45, 2.75) is 11.3 Å². The molecule has 1 heterocycles. The monoisotopic (exact) mass is 285 g/mol. The van der Waals surface area contributed by atoms with Gasteiger partial charge >= 0.3 is 0 Å². The highest BCUT2D eigenvalue weighted by Crippen LogP contribution is 2.22. The molecule has 0 aliphatic carbocycles. The zero-order chi connectivity index (χ0) is 13.9. The molecule has 1 aliphatic rings. The summed E-state index contributed by atoms with van der Waals surface area (Å²) in [5.41, 5.74) is 1.07. The largest absolute Gasteiger partial charge is 0.380 e. The van der Waals surface area contributed by atoms with E-state index in [1.165, 1.54) is 22.5 Å². The molecular formula is C13H16FNO3S. The molecule has 0 saturated heterocycles. The van der Waals surface area contributed by atoms with Crippen LogP contribution in [0.2, 0.25) is 0 Å². The van der Waals surface area contributed by atoms with E-state index < -0.39 is 15.8 Å². The van der Waals surface area contributed by atoms with E-state index in [9.17, 15) is 12.8 Å². The standard InChI is InChI=1S/C13H16FNO3S/c1-18-10-11-6-8-15(9-7-11)19(16,17)13-5-3-2-4-12(13)14/h2-6H,7-10H2,1H3. The van der Waals surface area contributed by atoms with E-state index in [-0.39, 0.29) is 11.4 Å². The molecule has 0 unspecified atom stereocenters. The summed E-state index contributed by atoms with van der Waals surface area (Å²) >= 11 is 0. The number of benzene rings is 1. The molecule has 6 heteroatoms. The van der Waals surface area contributed by atoms with E-state index in [1.54, 1.807) is 7.11 Å². The lowest BCUT2D eigenvalue weighted by Crippen LogP contribution is -2.35. The Morgan fingerprint density at radius 1 is 1.37 bits per heavy atom. The second-order valence-electron chi connectivity index (χ2n) is 4.34. The smallest absolute Gasteiger partial charge is 0.246 e. The summed E-state index contributed by atoms with van der Waals surface area (Å²) in [5, 5.41) is 0. The molecule has 2 rings (SSSR count). The lowest BCUT2D eigenvalue weighted by atomic mass is 10.1. The van der Waals surface area contributed by atoms with Crippen LogP contribution in [0.4, 0.5) is 4.39 Å². The summed E-state index contributed by atoms with van der Waals surface area (Å²) in [6, 6.07) is 5.44. The van der Waals surface area contributed by atoms with Crippen molar-refractivity contribution >= 4 is 10.0 Å². The summed E-state index contributed by atoms with van der Waals surface area (Å²) < 4.78 is 44.5. The fourth-order valence-electron chi connectivity index (χ4n) is 2.02. The number of hydrogen-bond donors (Lipinski definition) is 0. The first-order valence-electron chi connectivity index (χ1n) is 5.97. The second kappa shape index (κ2) is 5.81. The van der Waals surface area contributed by atoms with Crippen LogP contribution >= 0.6 is 0 Å². The van der Waals surface area contributed by atoms with Crippen LogP contribution in [0.15, 0.2) is 40.8 Å². The van der Waals surface area contributed by atoms with E-state index in [0.717, 1.165) is 11.6 Å². The first kappa shape index (κ1) is 14.2. The highest BCUT2D eigenvalue weighted by atomic mass is 32.2. The molecule has 104 valence electrons. The van der Waals surface area contributed by atoms with Crippen LogP contribution < -0.4 is 0 Å². The lowest BCUT2D eigenvalue weighted by molar-refractivity contribution is 0.219. The van der Waals surface area contributed by atoms with Crippen molar-refractivity contribution in [1.29, 1.82) is 0 Å². The number of sulfonamides is 1. The maximum atomic E-state index is 13.6. The van der Waals surface area contributed by atoms with Gasteiger partial charge in [0.25, 0.3) is 0 Å². The van der Waals surface area contributed by atoms with Gasteiger partial charge in [0.1, 0.15) is 10.7 Å². The molecule has 1 aromatic rings. The third-order valence-electron chi connectivity index (χ3n) is 3.05. The third kappa shape index (κ3) is 3.02. The minimum Gasteiger partial charge on any atom is -0.380 e. The van der Waals surface area contributed by atoms with Gasteiger partial charge in [-0.1, -0.05) is 18.2 Å². The molecule has 4 nitrogen and oxygen atoms in total. The van der Waals surface area contributed by atoms with Gasteiger partial charge in [-0.25, -0.2) is 12.8 Å². The van der Waals surface area contributed by atoms with Crippen LogP contribution in [0.5, 0.6) is 0 Å². The van der Waals surface area contributed by atoms with Gasteiger partial charge in [0.05, 0.1) is 6.61 Å². The van der Waals surface area contributed by atoms with E-state index in [2.05, 4.69) is 0 Å². The van der Waals surface area contributed by atoms with Crippen LogP contribution in [-0.2, 0) is 14.8 Å². The van der Waals surface area contributed by atoms with Crippen molar-refractivity contribution in [2.75, 3.05) is 26.8 Å². The van der Waals surface area contributed by atoms with Gasteiger partial charge in [-0.15, -0.1) is 0 Å². The Morgan fingerprint density at radius 3 is 2.68 bits per heavy atom. The number of rotatable bonds is 4. The van der Waals surface area contributed by atoms with Crippen LogP contribution in [0.3, 0.4) is 0 Å². The molecule has 0 bridgehead atoms. The maximum Gasteiger partial charge on any atom is 0.246 e. The third-order valence-corrected chi connectivity index (χ3v) is 4.95. The van der Waals surface area contributed by atoms with Crippen LogP contribution in [0.1, 0.15) is 6.42 Å². The Balaban J connectivity index is 2.21. The molecule has 0 aromatic heterocycles. The first-order chi connectivity index (χ1) is 9.05. The van der Waals surface area contributed by atoms with Crippen molar-refractivity contribution in [1.82, 2.24) is 4.31 Å². The lowest BCUT2D eigenvalue weighted by Gasteiger charge is -2.25. The van der Waals surface area contributed by atoms with Gasteiger partial charge in [0, 0.05) is 20.2 Å². The summed E-state index contributed by atoms with van der Waals surface area (Å²) in [6.45, 7) is 1.12. The first-order valence-corrected chi connectivity index (χ1v) is 7.41. The van der Waals surface area contributed by atoms with E-state index >= 15 is 0 Å². The van der Waals surface area contributed by atoms with E-state index in [1.807, 2.05) is 6.08 Å². The molecule has 0 atom stereocenters. The summed E-state index contributed by atoms with van der Waals surface area (Å²) in [6.07, 6.45) is 2.44. The van der Waals surface area contributed by atoms with Gasteiger partial charge in [-0.3, -0.25) is 0 Å². The minimum atomic E-state index is -3.76. The van der Waals surface area contributed by atoms with Crippen molar-refractivity contribution in [3.05, 3.63) is 41.7 Å². The molecule has 1 aromatic carbocycles. The van der Waals surface area contributed by atoms with E-state index in [4.69, 9.17) is 4.74 Å². The quantitative estimate of drug-likeness (QED) is 0.792. The van der Waals surface area contributed by atoms with Crippen LogP contribution in [0.25, 0.3) is 0 Å². The highest BCUT2D eigenvalue weighted by molar-refractivity contribution is 7.89. The Hall–Kier alpha value is -1.24. The van der Waals surface area contributed by atoms with Crippen molar-refractivity contribution in [2.24, 2.45) is 0 Å². The molecule has 1 aliphatic heterocycles. The molecule has 19 heavy (non-hydrogen) atoms. The Kier molecular flexibility index (Phi) is 4.34. The SMILES string of the molecule is COCC1=CCN(S(=O)(=O)c2ccccc2F)CC1. The van der Waals surface area contributed by atoms with Gasteiger partial charge in [-0.2, -0.15) is 4.31 Å². The van der Waals surface area contributed by atoms with Crippen molar-refractivity contribution in [3.8, 4) is 0 Å². The van der Waals surface area contributed by atoms with Gasteiger partial charge in [0.15, 0.2) is 0 Å². The number of methoxy groups -OCH3 is 1. The van der Waals surface area contributed by atoms with Gasteiger partial charge < -0.3 is 4.74 Å². The van der Waals surface area contributed by atoms with Gasteiger partial charge in [0.2, 0.25) is 10.0 Å². The molecule has 0 spiro atoms. The number of nitrogens with zero attached hydrogens (tertiary/aromatic N) is 1. The highest BCUT2D eigenvalue weighted by Gasteiger charge is 2.28. The number of hydrogen-bond acceptors (Lipinski definition) is 3. The average molecular weight is 285 g/mol. The van der Waals surface area contributed by atoms with Crippen LogP contribution in [-0.4, -0.2) is 39.5 Å². The molecule has 0 N–H and O–H groups in total. The fourth-order valence-corrected chi connectivity index (χ4v) is 3.47. The fraction of sp³-hybridized carbons (Fsp3) is 0.385. The van der Waals surface area contributed by atoms with Crippen molar-refractivity contribution < 1.29 is 17.5 Å². The minimum absolute atomic E-state index is 0.259. The Morgan fingerprint density at radius 2 is 2.11 bits per heavy atom. The van der Waals surface area contributed by atoms with Gasteiger partial charge in [-0.05, 0) is 24.1 Å². The molecular weight excluding hydrogens is 269 g/mol. The topological polar surface area (TPSA) is 46.6 Å². The predicted molar refractivity (Wildman–Crippen MR) is 69.7 cm³/mol. The van der Waals surface area contributed by atoms with Crippen molar-refractivity contribution in [3.63, 3.8) is 0 Å². The Bertz CT molecular complexity index is 583. The molecule has 0 saturated carbocycles. The number of halogens is 1. The summed E-state index contributed by atoms with van der Waals surface area (Å²) in [4.78, 5) is -0.265. The molecule has 0 fully saturated rings. The number of ether oxygens (including phenoxy) is 1. The molecule has 0 radical (unpaired) electrons. The second-order valence-corrected chi connectivity index (χ2v) is 6.25. The van der Waals surface area contributed by atoms with Crippen LogP contribution in [0, 0.1) is 5.82 Å². The Labute approximate surface area is 112 Å². The predicted octanol–water partition coefficient (Wildman–Crippen LogP) is 1.79. The maximum absolute atomic E-state index is 13.6. The summed E-state index contributed by atoms with van der Waals surface area (Å²) in [5.74, 6) is -0.714. The zero-order valence-electron chi connectivity index (χ0n) is 10.7. The summed E-state index contributed by atoms with van der Waals surface area (Å²) in [7, 11) is -2.16. The molecule has 0 amide bonds. The normalized spacial score (nSPS) is 17.3. The average Bonchev–Trinajstić information content (AvgIpc) is 2.40. The van der Waals surface area contributed by atoms with E-state index in [0.29, 0.717) is 19.6 Å². The zero-order valence-corrected chi connectivity index (χ0v) is 11.5.